The molecule has 0 bridgehead atoms. The molecular weight excluding hydrogens is 284 g/mol. The van der Waals surface area contributed by atoms with Crippen molar-refractivity contribution >= 4 is 5.78 Å². The molecule has 0 heterocycles. The molecule has 0 aliphatic heterocycles. The normalized spacial score (nSPS) is 10.5. The van der Waals surface area contributed by atoms with Crippen molar-refractivity contribution in [2.45, 2.75) is 0 Å². The standard InChI is InChI=1S/C13H10O8/c14-4-1-5(15)9(6(16)2-4)13(21)10-11(19)7(17)3-8(18)12(10)20/h1-3,14-20H. The molecule has 2 aromatic carbocycles. The van der Waals surface area contributed by atoms with E-state index in [1.165, 1.54) is 0 Å². The predicted octanol–water partition coefficient (Wildman–Crippen LogP) is 0.857. The minimum absolute atomic E-state index is 0.520. The first kappa shape index (κ1) is 14.1. The summed E-state index contributed by atoms with van der Waals surface area (Å²) in [6.07, 6.45) is 0. The summed E-state index contributed by atoms with van der Waals surface area (Å²) in [6, 6.07) is 2.12. The molecule has 0 unspecified atom stereocenters. The van der Waals surface area contributed by atoms with E-state index in [4.69, 9.17) is 5.11 Å². The first-order chi connectivity index (χ1) is 9.73. The lowest BCUT2D eigenvalue weighted by atomic mass is 9.98. The maximum Gasteiger partial charge on any atom is 0.208 e. The Bertz CT molecular complexity index is 701. The zero-order chi connectivity index (χ0) is 15.9. The molecule has 0 atom stereocenters. The van der Waals surface area contributed by atoms with E-state index in [9.17, 15) is 35.4 Å². The lowest BCUT2D eigenvalue weighted by Gasteiger charge is -2.11. The first-order valence-corrected chi connectivity index (χ1v) is 5.50. The Morgan fingerprint density at radius 2 is 1.05 bits per heavy atom. The summed E-state index contributed by atoms with van der Waals surface area (Å²) >= 11 is 0. The second kappa shape index (κ2) is 4.67. The summed E-state index contributed by atoms with van der Waals surface area (Å²) < 4.78 is 0. The van der Waals surface area contributed by atoms with Gasteiger partial charge in [-0.3, -0.25) is 4.79 Å². The van der Waals surface area contributed by atoms with Crippen molar-refractivity contribution in [2.24, 2.45) is 0 Å². The Morgan fingerprint density at radius 1 is 0.619 bits per heavy atom. The van der Waals surface area contributed by atoms with E-state index in [0.717, 1.165) is 12.1 Å². The van der Waals surface area contributed by atoms with Crippen LogP contribution in [0.5, 0.6) is 40.2 Å². The van der Waals surface area contributed by atoms with Crippen molar-refractivity contribution < 1.29 is 40.5 Å². The highest BCUT2D eigenvalue weighted by Gasteiger charge is 2.28. The zero-order valence-electron chi connectivity index (χ0n) is 10.3. The molecule has 0 radical (unpaired) electrons. The van der Waals surface area contributed by atoms with Gasteiger partial charge in [0, 0.05) is 18.2 Å². The highest BCUT2D eigenvalue weighted by molar-refractivity contribution is 6.16. The van der Waals surface area contributed by atoms with Gasteiger partial charge in [0.15, 0.2) is 23.0 Å². The zero-order valence-corrected chi connectivity index (χ0v) is 10.3. The minimum atomic E-state index is -1.27. The fourth-order valence-electron chi connectivity index (χ4n) is 1.80. The molecule has 7 N–H and O–H groups in total. The second-order valence-corrected chi connectivity index (χ2v) is 4.18. The molecular formula is C13H10O8. The SMILES string of the molecule is O=C(c1c(O)cc(O)cc1O)c1c(O)c(O)cc(O)c1O. The molecule has 0 amide bonds. The van der Waals surface area contributed by atoms with Gasteiger partial charge in [-0.05, 0) is 0 Å². The average Bonchev–Trinajstić information content (AvgIpc) is 2.35. The van der Waals surface area contributed by atoms with E-state index >= 15 is 0 Å². The Kier molecular flexibility index (Phi) is 3.14. The molecule has 0 spiro atoms. The van der Waals surface area contributed by atoms with Crippen molar-refractivity contribution in [2.75, 3.05) is 0 Å². The number of phenols is 7. The van der Waals surface area contributed by atoms with Gasteiger partial charge in [-0.25, -0.2) is 0 Å². The number of hydrogen-bond acceptors (Lipinski definition) is 8. The molecule has 21 heavy (non-hydrogen) atoms. The van der Waals surface area contributed by atoms with Gasteiger partial charge < -0.3 is 35.7 Å². The number of ketones is 1. The monoisotopic (exact) mass is 294 g/mol. The third kappa shape index (κ3) is 2.18. The van der Waals surface area contributed by atoms with Crippen LogP contribution in [0.1, 0.15) is 15.9 Å². The van der Waals surface area contributed by atoms with Crippen molar-refractivity contribution in [3.05, 3.63) is 29.3 Å². The van der Waals surface area contributed by atoms with Gasteiger partial charge >= 0.3 is 0 Å². The van der Waals surface area contributed by atoms with Gasteiger partial charge in [0.1, 0.15) is 28.4 Å². The van der Waals surface area contributed by atoms with Crippen LogP contribution < -0.4 is 0 Å². The predicted molar refractivity (Wildman–Crippen MR) is 68.0 cm³/mol. The lowest BCUT2D eigenvalue weighted by molar-refractivity contribution is 0.102. The van der Waals surface area contributed by atoms with E-state index in [1.54, 1.807) is 0 Å². The Balaban J connectivity index is 2.72. The van der Waals surface area contributed by atoms with Crippen LogP contribution in [-0.4, -0.2) is 41.5 Å². The lowest BCUT2D eigenvalue weighted by Crippen LogP contribution is -2.03. The van der Waals surface area contributed by atoms with E-state index in [-0.39, 0.29) is 0 Å². The Hall–Kier alpha value is -3.29. The van der Waals surface area contributed by atoms with Crippen LogP contribution in [0.25, 0.3) is 0 Å². The van der Waals surface area contributed by atoms with E-state index in [2.05, 4.69) is 0 Å². The van der Waals surface area contributed by atoms with Crippen molar-refractivity contribution in [3.63, 3.8) is 0 Å². The first-order valence-electron chi connectivity index (χ1n) is 5.50. The third-order valence-corrected chi connectivity index (χ3v) is 2.77. The molecule has 0 saturated carbocycles. The smallest absolute Gasteiger partial charge is 0.208 e. The number of rotatable bonds is 2. The summed E-state index contributed by atoms with van der Waals surface area (Å²) in [5.41, 5.74) is -1.65. The van der Waals surface area contributed by atoms with Crippen LogP contribution >= 0.6 is 0 Å². The van der Waals surface area contributed by atoms with E-state index in [1.807, 2.05) is 0 Å². The Labute approximate surface area is 117 Å². The van der Waals surface area contributed by atoms with Gasteiger partial charge in [0.05, 0.1) is 0 Å². The summed E-state index contributed by atoms with van der Waals surface area (Å²) in [4.78, 5) is 12.2. The van der Waals surface area contributed by atoms with E-state index in [0.29, 0.717) is 6.07 Å². The second-order valence-electron chi connectivity index (χ2n) is 4.18. The summed E-state index contributed by atoms with van der Waals surface area (Å²) in [7, 11) is 0. The van der Waals surface area contributed by atoms with Crippen molar-refractivity contribution in [3.8, 4) is 40.2 Å². The van der Waals surface area contributed by atoms with E-state index < -0.39 is 57.2 Å². The highest BCUT2D eigenvalue weighted by atomic mass is 16.3. The minimum Gasteiger partial charge on any atom is -0.508 e. The number of carbonyl (C=O) groups is 1. The third-order valence-electron chi connectivity index (χ3n) is 2.77. The number of hydrogen-bond donors (Lipinski definition) is 7. The van der Waals surface area contributed by atoms with Gasteiger partial charge in [0.2, 0.25) is 5.78 Å². The van der Waals surface area contributed by atoms with Crippen LogP contribution in [0.4, 0.5) is 0 Å². The fourth-order valence-corrected chi connectivity index (χ4v) is 1.80. The Morgan fingerprint density at radius 3 is 1.48 bits per heavy atom. The summed E-state index contributed by atoms with van der Waals surface area (Å²) in [6.45, 7) is 0. The van der Waals surface area contributed by atoms with Crippen LogP contribution in [0, 0.1) is 0 Å². The van der Waals surface area contributed by atoms with Crippen LogP contribution in [-0.2, 0) is 0 Å². The number of carbonyl (C=O) groups excluding carboxylic acids is 1. The fraction of sp³-hybridized carbons (Fsp3) is 0. The molecule has 8 heteroatoms. The van der Waals surface area contributed by atoms with Crippen molar-refractivity contribution in [1.82, 2.24) is 0 Å². The number of aromatic hydroxyl groups is 7. The topological polar surface area (TPSA) is 159 Å². The molecule has 2 rings (SSSR count). The molecule has 0 aliphatic carbocycles. The summed E-state index contributed by atoms with van der Waals surface area (Å²) in [5, 5.41) is 66.3. The van der Waals surface area contributed by atoms with Crippen LogP contribution in [0.2, 0.25) is 0 Å². The molecule has 2 aromatic rings. The molecule has 0 aliphatic rings. The maximum absolute atomic E-state index is 12.2. The molecule has 0 aromatic heterocycles. The quantitative estimate of drug-likeness (QED) is 0.244. The molecule has 0 fully saturated rings. The van der Waals surface area contributed by atoms with Gasteiger partial charge in [-0.15, -0.1) is 0 Å². The molecule has 110 valence electrons. The molecule has 0 saturated heterocycles. The van der Waals surface area contributed by atoms with Gasteiger partial charge in [-0.1, -0.05) is 0 Å². The highest BCUT2D eigenvalue weighted by Crippen LogP contribution is 2.45. The van der Waals surface area contributed by atoms with Crippen LogP contribution in [0.15, 0.2) is 18.2 Å². The van der Waals surface area contributed by atoms with Gasteiger partial charge in [-0.2, -0.15) is 0 Å². The number of phenolic OH excluding ortho intramolecular Hbond substituents is 7. The number of benzene rings is 2. The van der Waals surface area contributed by atoms with Crippen LogP contribution in [0.3, 0.4) is 0 Å². The molecule has 8 nitrogen and oxygen atoms in total. The van der Waals surface area contributed by atoms with Gasteiger partial charge in [0.25, 0.3) is 0 Å². The van der Waals surface area contributed by atoms with Crippen molar-refractivity contribution in [1.29, 1.82) is 0 Å². The summed E-state index contributed by atoms with van der Waals surface area (Å²) in [5.74, 6) is -7.28. The largest absolute Gasteiger partial charge is 0.508 e. The maximum atomic E-state index is 12.2. The average molecular weight is 294 g/mol.